The van der Waals surface area contributed by atoms with Gasteiger partial charge in [-0.1, -0.05) is 13.0 Å². The average molecular weight is 155 g/mol. The fraction of sp³-hybridized carbons (Fsp3) is 0.750. The fourth-order valence-electron chi connectivity index (χ4n) is 1.47. The molecule has 1 atom stereocenters. The highest BCUT2D eigenvalue weighted by atomic mass is 16.6. The van der Waals surface area contributed by atoms with Crippen LogP contribution < -0.4 is 0 Å². The molecule has 0 aromatic heterocycles. The van der Waals surface area contributed by atoms with E-state index in [4.69, 9.17) is 0 Å². The molecule has 0 fully saturated rings. The Morgan fingerprint density at radius 3 is 3.09 bits per heavy atom. The molecule has 0 saturated heterocycles. The van der Waals surface area contributed by atoms with Crippen molar-refractivity contribution in [2.45, 2.75) is 26.2 Å². The molecule has 0 radical (unpaired) electrons. The first-order chi connectivity index (χ1) is 5.20. The van der Waals surface area contributed by atoms with Crippen LogP contribution in [0.4, 0.5) is 0 Å². The molecule has 3 heteroatoms. The van der Waals surface area contributed by atoms with E-state index in [1.807, 2.05) is 6.08 Å². The molecule has 1 rings (SSSR count). The normalized spacial score (nSPS) is 24.5. The molecule has 1 aliphatic rings. The Morgan fingerprint density at radius 1 is 1.82 bits per heavy atom. The maximum Gasteiger partial charge on any atom is 0.225 e. The van der Waals surface area contributed by atoms with Gasteiger partial charge in [-0.25, -0.2) is 0 Å². The number of rotatable bonds is 2. The number of allylic oxidation sites excluding steroid dienone is 1. The Labute approximate surface area is 66.3 Å². The van der Waals surface area contributed by atoms with Crippen LogP contribution in [0.2, 0.25) is 0 Å². The smallest absolute Gasteiger partial charge is 0.225 e. The number of hydrogen-bond acceptors (Lipinski definition) is 2. The van der Waals surface area contributed by atoms with E-state index in [0.717, 1.165) is 18.4 Å². The molecule has 0 aliphatic heterocycles. The number of hydrogen-bond donors (Lipinski definition) is 0. The van der Waals surface area contributed by atoms with Crippen LogP contribution in [0, 0.1) is 16.0 Å². The van der Waals surface area contributed by atoms with Crippen molar-refractivity contribution in [3.63, 3.8) is 0 Å². The van der Waals surface area contributed by atoms with Crippen LogP contribution in [-0.4, -0.2) is 11.5 Å². The van der Waals surface area contributed by atoms with Crippen LogP contribution in [0.25, 0.3) is 0 Å². The highest BCUT2D eigenvalue weighted by molar-refractivity contribution is 5.08. The Kier molecular flexibility index (Phi) is 2.63. The summed E-state index contributed by atoms with van der Waals surface area (Å²) < 4.78 is 0. The summed E-state index contributed by atoms with van der Waals surface area (Å²) in [6, 6.07) is 0. The van der Waals surface area contributed by atoms with E-state index in [-0.39, 0.29) is 11.5 Å². The van der Waals surface area contributed by atoms with Crippen molar-refractivity contribution in [3.8, 4) is 0 Å². The van der Waals surface area contributed by atoms with Crippen LogP contribution >= 0.6 is 0 Å². The summed E-state index contributed by atoms with van der Waals surface area (Å²) in [5, 5.41) is 10.2. The molecule has 0 saturated carbocycles. The van der Waals surface area contributed by atoms with Gasteiger partial charge in [-0.3, -0.25) is 10.1 Å². The minimum atomic E-state index is -0.242. The Bertz CT molecular complexity index is 187. The molecule has 1 unspecified atom stereocenters. The second-order valence-corrected chi connectivity index (χ2v) is 3.10. The van der Waals surface area contributed by atoms with Crippen molar-refractivity contribution in [1.82, 2.24) is 0 Å². The summed E-state index contributed by atoms with van der Waals surface area (Å²) in [4.78, 5) is 9.94. The van der Waals surface area contributed by atoms with Gasteiger partial charge >= 0.3 is 0 Å². The highest BCUT2D eigenvalue weighted by Crippen LogP contribution is 2.23. The molecular weight excluding hydrogens is 142 g/mol. The van der Waals surface area contributed by atoms with Crippen molar-refractivity contribution < 1.29 is 4.92 Å². The third-order valence-corrected chi connectivity index (χ3v) is 2.19. The Balaban J connectivity index is 2.53. The zero-order chi connectivity index (χ0) is 8.27. The maximum absolute atomic E-state index is 10.2. The second-order valence-electron chi connectivity index (χ2n) is 3.10. The van der Waals surface area contributed by atoms with Gasteiger partial charge in [0.1, 0.15) is 0 Å². The number of nitrogens with zero attached hydrogens (tertiary/aromatic N) is 1. The molecular formula is C8H13NO2. The van der Waals surface area contributed by atoms with Crippen molar-refractivity contribution in [2.75, 3.05) is 6.54 Å². The molecule has 0 aromatic carbocycles. The topological polar surface area (TPSA) is 43.1 Å². The summed E-state index contributed by atoms with van der Waals surface area (Å²) in [5.74, 6) is 0.425. The Hall–Kier alpha value is -0.860. The molecule has 0 heterocycles. The zero-order valence-electron chi connectivity index (χ0n) is 6.75. The zero-order valence-corrected chi connectivity index (χ0v) is 6.75. The van der Waals surface area contributed by atoms with E-state index in [1.54, 1.807) is 0 Å². The van der Waals surface area contributed by atoms with Gasteiger partial charge in [-0.2, -0.15) is 0 Å². The monoisotopic (exact) mass is 155 g/mol. The van der Waals surface area contributed by atoms with Crippen LogP contribution in [-0.2, 0) is 0 Å². The fourth-order valence-corrected chi connectivity index (χ4v) is 1.47. The lowest BCUT2D eigenvalue weighted by atomic mass is 9.89. The average Bonchev–Trinajstić information content (AvgIpc) is 1.93. The molecule has 62 valence electrons. The molecule has 0 bridgehead atoms. The van der Waals surface area contributed by atoms with Crippen molar-refractivity contribution in [3.05, 3.63) is 21.8 Å². The van der Waals surface area contributed by atoms with Gasteiger partial charge in [0.2, 0.25) is 6.54 Å². The van der Waals surface area contributed by atoms with Crippen LogP contribution in [0.5, 0.6) is 0 Å². The Morgan fingerprint density at radius 2 is 2.55 bits per heavy atom. The summed E-state index contributed by atoms with van der Waals surface area (Å²) in [5.41, 5.74) is 1.02. The molecule has 0 N–H and O–H groups in total. The standard InChI is InChI=1S/C8H13NO2/c1-7-4-2-3-5-8(7)6-9(10)11/h5,7H,2-4,6H2,1H3. The first-order valence-corrected chi connectivity index (χ1v) is 4.01. The summed E-state index contributed by atoms with van der Waals surface area (Å²) in [7, 11) is 0. The van der Waals surface area contributed by atoms with E-state index < -0.39 is 0 Å². The van der Waals surface area contributed by atoms with Gasteiger partial charge < -0.3 is 0 Å². The minimum Gasteiger partial charge on any atom is -0.264 e. The summed E-state index contributed by atoms with van der Waals surface area (Å²) in [6.45, 7) is 2.11. The molecule has 0 spiro atoms. The first kappa shape index (κ1) is 8.24. The summed E-state index contributed by atoms with van der Waals surface area (Å²) >= 11 is 0. The van der Waals surface area contributed by atoms with Gasteiger partial charge in [0.15, 0.2) is 0 Å². The van der Waals surface area contributed by atoms with Gasteiger partial charge in [-0.05, 0) is 30.8 Å². The maximum atomic E-state index is 10.2. The highest BCUT2D eigenvalue weighted by Gasteiger charge is 2.16. The quantitative estimate of drug-likeness (QED) is 0.348. The van der Waals surface area contributed by atoms with E-state index in [0.29, 0.717) is 5.92 Å². The van der Waals surface area contributed by atoms with Gasteiger partial charge in [-0.15, -0.1) is 0 Å². The van der Waals surface area contributed by atoms with Crippen LogP contribution in [0.3, 0.4) is 0 Å². The molecule has 11 heavy (non-hydrogen) atoms. The van der Waals surface area contributed by atoms with E-state index >= 15 is 0 Å². The first-order valence-electron chi connectivity index (χ1n) is 4.01. The van der Waals surface area contributed by atoms with Crippen molar-refractivity contribution in [1.29, 1.82) is 0 Å². The van der Waals surface area contributed by atoms with Crippen molar-refractivity contribution >= 4 is 0 Å². The van der Waals surface area contributed by atoms with Gasteiger partial charge in [0.05, 0.1) is 0 Å². The van der Waals surface area contributed by atoms with E-state index in [2.05, 4.69) is 6.92 Å². The lowest BCUT2D eigenvalue weighted by molar-refractivity contribution is -0.471. The third-order valence-electron chi connectivity index (χ3n) is 2.19. The van der Waals surface area contributed by atoms with Crippen molar-refractivity contribution in [2.24, 2.45) is 5.92 Å². The summed E-state index contributed by atoms with van der Waals surface area (Å²) in [6.07, 6.45) is 5.34. The van der Waals surface area contributed by atoms with Crippen LogP contribution in [0.1, 0.15) is 26.2 Å². The van der Waals surface area contributed by atoms with E-state index in [1.165, 1.54) is 6.42 Å². The minimum absolute atomic E-state index is 0.0428. The molecule has 0 aromatic rings. The SMILES string of the molecule is CC1CCCC=C1C[N+](=O)[O-]. The molecule has 3 nitrogen and oxygen atoms in total. The van der Waals surface area contributed by atoms with Gasteiger partial charge in [0.25, 0.3) is 0 Å². The van der Waals surface area contributed by atoms with Crippen LogP contribution in [0.15, 0.2) is 11.6 Å². The second kappa shape index (κ2) is 3.51. The lowest BCUT2D eigenvalue weighted by Crippen LogP contribution is -2.13. The largest absolute Gasteiger partial charge is 0.264 e. The lowest BCUT2D eigenvalue weighted by Gasteiger charge is -2.16. The molecule has 1 aliphatic carbocycles. The predicted octanol–water partition coefficient (Wildman–Crippen LogP) is 2.01. The molecule has 0 amide bonds. The third kappa shape index (κ3) is 2.33. The van der Waals surface area contributed by atoms with Gasteiger partial charge in [0, 0.05) is 4.92 Å². The number of nitro groups is 1. The van der Waals surface area contributed by atoms with E-state index in [9.17, 15) is 10.1 Å². The predicted molar refractivity (Wildman–Crippen MR) is 43.0 cm³/mol.